The molecule has 4 N–H and O–H groups in total. The third-order valence-electron chi connectivity index (χ3n) is 3.83. The molecular formula is C17H34N4O4. The fraction of sp³-hybridized carbons (Fsp3) is 0.882. The first-order valence-corrected chi connectivity index (χ1v) is 8.98. The normalized spacial score (nSPS) is 21.1. The number of rotatable bonds is 8. The van der Waals surface area contributed by atoms with Crippen molar-refractivity contribution in [2.75, 3.05) is 46.0 Å². The summed E-state index contributed by atoms with van der Waals surface area (Å²) < 4.78 is 10.7. The number of carbonyl (C=O) groups is 1. The number of hydrogen-bond donors (Lipinski definition) is 4. The Labute approximate surface area is 150 Å². The molecule has 8 nitrogen and oxygen atoms in total. The van der Waals surface area contributed by atoms with Crippen LogP contribution in [0.2, 0.25) is 0 Å². The molecule has 1 unspecified atom stereocenters. The Bertz CT molecular complexity index is 429. The minimum absolute atomic E-state index is 0.0775. The second kappa shape index (κ2) is 10.5. The van der Waals surface area contributed by atoms with Crippen LogP contribution in [0, 0.1) is 5.41 Å². The third kappa shape index (κ3) is 8.92. The van der Waals surface area contributed by atoms with Gasteiger partial charge in [-0.3, -0.25) is 4.99 Å². The summed E-state index contributed by atoms with van der Waals surface area (Å²) in [6, 6.07) is 0. The van der Waals surface area contributed by atoms with Gasteiger partial charge in [-0.2, -0.15) is 0 Å². The highest BCUT2D eigenvalue weighted by atomic mass is 16.6. The maximum atomic E-state index is 11.6. The smallest absolute Gasteiger partial charge is 0.407 e. The van der Waals surface area contributed by atoms with Crippen molar-refractivity contribution in [3.8, 4) is 0 Å². The predicted molar refractivity (Wildman–Crippen MR) is 97.8 cm³/mol. The van der Waals surface area contributed by atoms with Gasteiger partial charge in [-0.1, -0.05) is 0 Å². The molecule has 8 heteroatoms. The molecule has 0 aromatic carbocycles. The Kier molecular flexibility index (Phi) is 8.99. The lowest BCUT2D eigenvalue weighted by Crippen LogP contribution is -2.43. The second-order valence-corrected chi connectivity index (χ2v) is 7.33. The standard InChI is InChI=1S/C17H34N4O4/c1-5-18-14(19-8-9-20-15(23)25-16(2,3)4)21-12-17(6-10-22)7-11-24-13-17/h22H,5-13H2,1-4H3,(H,20,23)(H2,18,19,21). The maximum Gasteiger partial charge on any atom is 0.407 e. The first kappa shape index (κ1) is 21.5. The number of aliphatic hydroxyl groups is 1. The zero-order chi connectivity index (χ0) is 18.8. The molecule has 0 radical (unpaired) electrons. The Balaban J connectivity index is 2.41. The zero-order valence-corrected chi connectivity index (χ0v) is 16.0. The number of aliphatic hydroxyl groups excluding tert-OH is 1. The third-order valence-corrected chi connectivity index (χ3v) is 3.83. The Hall–Kier alpha value is -1.54. The van der Waals surface area contributed by atoms with Crippen molar-refractivity contribution in [1.82, 2.24) is 16.0 Å². The molecule has 0 aromatic rings. The summed E-state index contributed by atoms with van der Waals surface area (Å²) in [5.41, 5.74) is -0.579. The van der Waals surface area contributed by atoms with Gasteiger partial charge in [0.25, 0.3) is 0 Å². The molecule has 0 spiro atoms. The van der Waals surface area contributed by atoms with E-state index in [4.69, 9.17) is 9.47 Å². The summed E-state index contributed by atoms with van der Waals surface area (Å²) in [5, 5.41) is 18.4. The van der Waals surface area contributed by atoms with Crippen LogP contribution >= 0.6 is 0 Å². The highest BCUT2D eigenvalue weighted by Gasteiger charge is 2.34. The lowest BCUT2D eigenvalue weighted by Gasteiger charge is -2.25. The molecule has 1 rings (SSSR count). The van der Waals surface area contributed by atoms with Crippen LogP contribution in [0.4, 0.5) is 4.79 Å². The van der Waals surface area contributed by atoms with Crippen LogP contribution in [-0.4, -0.2) is 68.8 Å². The fourth-order valence-corrected chi connectivity index (χ4v) is 2.54. The van der Waals surface area contributed by atoms with Crippen LogP contribution in [0.1, 0.15) is 40.5 Å². The van der Waals surface area contributed by atoms with Gasteiger partial charge in [-0.15, -0.1) is 0 Å². The topological polar surface area (TPSA) is 104 Å². The van der Waals surface area contributed by atoms with Gasteiger partial charge in [0.1, 0.15) is 5.60 Å². The molecule has 146 valence electrons. The van der Waals surface area contributed by atoms with Crippen LogP contribution < -0.4 is 16.0 Å². The van der Waals surface area contributed by atoms with E-state index in [2.05, 4.69) is 20.9 Å². The van der Waals surface area contributed by atoms with E-state index in [9.17, 15) is 9.90 Å². The van der Waals surface area contributed by atoms with E-state index in [1.54, 1.807) is 0 Å². The number of alkyl carbamates (subject to hydrolysis) is 1. The van der Waals surface area contributed by atoms with Crippen LogP contribution in [0.15, 0.2) is 4.99 Å². The number of amides is 1. The molecule has 1 saturated heterocycles. The molecule has 1 atom stereocenters. The van der Waals surface area contributed by atoms with Crippen molar-refractivity contribution in [2.45, 2.75) is 46.1 Å². The molecule has 1 heterocycles. The van der Waals surface area contributed by atoms with Crippen LogP contribution in [0.3, 0.4) is 0 Å². The van der Waals surface area contributed by atoms with Gasteiger partial charge >= 0.3 is 6.09 Å². The summed E-state index contributed by atoms with van der Waals surface area (Å²) in [7, 11) is 0. The fourth-order valence-electron chi connectivity index (χ4n) is 2.54. The lowest BCUT2D eigenvalue weighted by molar-refractivity contribution is 0.0529. The van der Waals surface area contributed by atoms with Crippen LogP contribution in [-0.2, 0) is 9.47 Å². The molecule has 0 bridgehead atoms. The Morgan fingerprint density at radius 1 is 1.28 bits per heavy atom. The van der Waals surface area contributed by atoms with E-state index in [0.717, 1.165) is 19.6 Å². The largest absolute Gasteiger partial charge is 0.444 e. The number of aliphatic imine (C=N–C) groups is 1. The first-order chi connectivity index (χ1) is 11.8. The molecule has 1 fully saturated rings. The van der Waals surface area contributed by atoms with Gasteiger partial charge in [0.15, 0.2) is 5.96 Å². The summed E-state index contributed by atoms with van der Waals surface area (Å²) in [5.74, 6) is 0.692. The van der Waals surface area contributed by atoms with Gasteiger partial charge in [0.05, 0.1) is 13.2 Å². The van der Waals surface area contributed by atoms with Crippen molar-refractivity contribution in [3.63, 3.8) is 0 Å². The molecule has 1 aliphatic heterocycles. The van der Waals surface area contributed by atoms with E-state index in [-0.39, 0.29) is 12.0 Å². The van der Waals surface area contributed by atoms with Gasteiger partial charge < -0.3 is 30.5 Å². The second-order valence-electron chi connectivity index (χ2n) is 7.33. The zero-order valence-electron chi connectivity index (χ0n) is 16.0. The number of ether oxygens (including phenoxy) is 2. The summed E-state index contributed by atoms with van der Waals surface area (Å²) >= 11 is 0. The number of guanidine groups is 1. The van der Waals surface area contributed by atoms with Crippen molar-refractivity contribution < 1.29 is 19.4 Å². The Morgan fingerprint density at radius 2 is 2.00 bits per heavy atom. The lowest BCUT2D eigenvalue weighted by atomic mass is 9.84. The van der Waals surface area contributed by atoms with E-state index in [1.807, 2.05) is 27.7 Å². The maximum absolute atomic E-state index is 11.6. The molecule has 1 amide bonds. The molecule has 0 aromatic heterocycles. The van der Waals surface area contributed by atoms with Crippen molar-refractivity contribution in [3.05, 3.63) is 0 Å². The number of nitrogens with one attached hydrogen (secondary N) is 3. The number of hydrogen-bond acceptors (Lipinski definition) is 5. The molecule has 25 heavy (non-hydrogen) atoms. The monoisotopic (exact) mass is 358 g/mol. The van der Waals surface area contributed by atoms with Crippen molar-refractivity contribution in [2.24, 2.45) is 10.4 Å². The summed E-state index contributed by atoms with van der Waals surface area (Å²) in [6.45, 7) is 11.3. The van der Waals surface area contributed by atoms with E-state index in [1.165, 1.54) is 0 Å². The SMILES string of the molecule is CCNC(=NCC1(CCO)CCOC1)NCCNC(=O)OC(C)(C)C. The summed E-state index contributed by atoms with van der Waals surface area (Å²) in [4.78, 5) is 16.2. The van der Waals surface area contributed by atoms with Gasteiger partial charge in [0.2, 0.25) is 0 Å². The average molecular weight is 358 g/mol. The number of carbonyl (C=O) groups excluding carboxylic acids is 1. The summed E-state index contributed by atoms with van der Waals surface area (Å²) in [6.07, 6.45) is 1.17. The van der Waals surface area contributed by atoms with Crippen molar-refractivity contribution >= 4 is 12.1 Å². The van der Waals surface area contributed by atoms with Gasteiger partial charge in [0, 0.05) is 38.3 Å². The van der Waals surface area contributed by atoms with Gasteiger partial charge in [-0.25, -0.2) is 4.79 Å². The van der Waals surface area contributed by atoms with Crippen LogP contribution in [0.5, 0.6) is 0 Å². The van der Waals surface area contributed by atoms with Crippen LogP contribution in [0.25, 0.3) is 0 Å². The highest BCUT2D eigenvalue weighted by molar-refractivity contribution is 5.79. The highest BCUT2D eigenvalue weighted by Crippen LogP contribution is 2.32. The van der Waals surface area contributed by atoms with Crippen molar-refractivity contribution in [1.29, 1.82) is 0 Å². The minimum Gasteiger partial charge on any atom is -0.444 e. The van der Waals surface area contributed by atoms with E-state index in [0.29, 0.717) is 38.6 Å². The first-order valence-electron chi connectivity index (χ1n) is 8.98. The molecule has 1 aliphatic rings. The quantitative estimate of drug-likeness (QED) is 0.291. The van der Waals surface area contributed by atoms with E-state index >= 15 is 0 Å². The molecular weight excluding hydrogens is 324 g/mol. The Morgan fingerprint density at radius 3 is 2.56 bits per heavy atom. The average Bonchev–Trinajstić information content (AvgIpc) is 2.96. The minimum atomic E-state index is -0.502. The predicted octanol–water partition coefficient (Wildman–Crippen LogP) is 0.855. The number of nitrogens with zero attached hydrogens (tertiary/aromatic N) is 1. The molecule has 0 saturated carbocycles. The molecule has 0 aliphatic carbocycles. The van der Waals surface area contributed by atoms with Gasteiger partial charge in [-0.05, 0) is 40.5 Å². The van der Waals surface area contributed by atoms with E-state index < -0.39 is 11.7 Å².